The van der Waals surface area contributed by atoms with Crippen molar-refractivity contribution in [2.45, 2.75) is 37.9 Å². The molecule has 0 fully saturated rings. The Morgan fingerprint density at radius 2 is 1.85 bits per heavy atom. The second-order valence-electron chi connectivity index (χ2n) is 6.01. The highest BCUT2D eigenvalue weighted by molar-refractivity contribution is 7.89. The van der Waals surface area contributed by atoms with Crippen LogP contribution in [0.1, 0.15) is 28.6 Å². The molecule has 1 aromatic carbocycles. The number of hydrogen-bond donors (Lipinski definition) is 1. The fourth-order valence-corrected chi connectivity index (χ4v) is 4.18. The Kier molecular flexibility index (Phi) is 5.34. The van der Waals surface area contributed by atoms with Gasteiger partial charge in [0.15, 0.2) is 0 Å². The van der Waals surface area contributed by atoms with Crippen molar-refractivity contribution in [3.63, 3.8) is 0 Å². The largest absolute Gasteiger partial charge is 0.409 e. The van der Waals surface area contributed by atoms with E-state index in [4.69, 9.17) is 0 Å². The van der Waals surface area contributed by atoms with Crippen LogP contribution in [0.15, 0.2) is 23.1 Å². The van der Waals surface area contributed by atoms with Crippen molar-refractivity contribution >= 4 is 15.7 Å². The van der Waals surface area contributed by atoms with E-state index in [9.17, 15) is 31.7 Å². The van der Waals surface area contributed by atoms with Crippen LogP contribution in [0.25, 0.3) is 0 Å². The van der Waals surface area contributed by atoms with Gasteiger partial charge < -0.3 is 0 Å². The molecule has 0 unspecified atom stereocenters. The fourth-order valence-electron chi connectivity index (χ4n) is 2.76. The molecule has 0 saturated carbocycles. The van der Waals surface area contributed by atoms with Gasteiger partial charge in [0.25, 0.3) is 5.69 Å². The highest BCUT2D eigenvalue weighted by Crippen LogP contribution is 2.37. The molecule has 27 heavy (non-hydrogen) atoms. The number of aryl methyl sites for hydroxylation is 3. The normalized spacial score (nSPS) is 13.6. The van der Waals surface area contributed by atoms with Gasteiger partial charge in [0.05, 0.1) is 15.5 Å². The maximum absolute atomic E-state index is 13.6. The average Bonchev–Trinajstić information content (AvgIpc) is 2.76. The van der Waals surface area contributed by atoms with E-state index in [0.717, 1.165) is 18.2 Å². The number of nitrogens with one attached hydrogen (secondary N) is 1. The van der Waals surface area contributed by atoms with Crippen molar-refractivity contribution in [2.24, 2.45) is 7.05 Å². The molecule has 0 bridgehead atoms. The molecule has 1 atom stereocenters. The lowest BCUT2D eigenvalue weighted by Crippen LogP contribution is -2.39. The van der Waals surface area contributed by atoms with Gasteiger partial charge >= 0.3 is 6.18 Å². The van der Waals surface area contributed by atoms with E-state index in [2.05, 4.69) is 5.10 Å². The maximum Gasteiger partial charge on any atom is 0.409 e. The van der Waals surface area contributed by atoms with Gasteiger partial charge in [-0.05, 0) is 32.4 Å². The second kappa shape index (κ2) is 6.93. The van der Waals surface area contributed by atoms with E-state index < -0.39 is 32.1 Å². The van der Waals surface area contributed by atoms with Gasteiger partial charge in [-0.2, -0.15) is 23.0 Å². The number of aromatic nitrogens is 2. The fraction of sp³-hybridized carbons (Fsp3) is 0.400. The minimum atomic E-state index is -4.92. The third-order valence-electron chi connectivity index (χ3n) is 4.11. The number of nitrogens with zero attached hydrogens (tertiary/aromatic N) is 3. The van der Waals surface area contributed by atoms with Crippen LogP contribution in [-0.4, -0.2) is 29.3 Å². The number of non-ortho nitro benzene ring substituents is 1. The monoisotopic (exact) mass is 406 g/mol. The van der Waals surface area contributed by atoms with E-state index in [-0.39, 0.29) is 28.2 Å². The van der Waals surface area contributed by atoms with Gasteiger partial charge in [-0.15, -0.1) is 0 Å². The van der Waals surface area contributed by atoms with Crippen LogP contribution in [0.2, 0.25) is 0 Å². The molecule has 1 heterocycles. The lowest BCUT2D eigenvalue weighted by molar-refractivity contribution is -0.385. The molecule has 8 nitrogen and oxygen atoms in total. The first-order valence-corrected chi connectivity index (χ1v) is 9.08. The van der Waals surface area contributed by atoms with E-state index in [0.29, 0.717) is 0 Å². The molecule has 2 aromatic rings. The van der Waals surface area contributed by atoms with Crippen LogP contribution >= 0.6 is 0 Å². The zero-order valence-corrected chi connectivity index (χ0v) is 15.6. The molecule has 0 aliphatic rings. The van der Waals surface area contributed by atoms with Crippen molar-refractivity contribution in [1.29, 1.82) is 0 Å². The second-order valence-corrected chi connectivity index (χ2v) is 7.69. The third kappa shape index (κ3) is 4.11. The highest BCUT2D eigenvalue weighted by atomic mass is 32.2. The van der Waals surface area contributed by atoms with Crippen molar-refractivity contribution in [2.75, 3.05) is 0 Å². The molecular formula is C15H17F3N4O4S. The molecular weight excluding hydrogens is 389 g/mol. The first-order valence-electron chi connectivity index (χ1n) is 7.60. The van der Waals surface area contributed by atoms with Crippen LogP contribution < -0.4 is 4.72 Å². The summed E-state index contributed by atoms with van der Waals surface area (Å²) >= 11 is 0. The van der Waals surface area contributed by atoms with Gasteiger partial charge in [0, 0.05) is 30.4 Å². The Bertz CT molecular complexity index is 999. The van der Waals surface area contributed by atoms with Crippen molar-refractivity contribution in [3.05, 3.63) is 50.8 Å². The number of nitro groups is 1. The molecule has 12 heteroatoms. The lowest BCUT2D eigenvalue weighted by atomic mass is 10.1. The zero-order chi connectivity index (χ0) is 20.7. The number of hydrogen-bond acceptors (Lipinski definition) is 5. The summed E-state index contributed by atoms with van der Waals surface area (Å²) < 4.78 is 69.0. The van der Waals surface area contributed by atoms with Crippen LogP contribution in [0.3, 0.4) is 0 Å². The van der Waals surface area contributed by atoms with E-state index in [1.807, 2.05) is 0 Å². The van der Waals surface area contributed by atoms with E-state index in [1.165, 1.54) is 32.5 Å². The smallest absolute Gasteiger partial charge is 0.272 e. The molecule has 0 amide bonds. The summed E-state index contributed by atoms with van der Waals surface area (Å²) in [6.45, 7) is 4.02. The van der Waals surface area contributed by atoms with Crippen molar-refractivity contribution in [3.8, 4) is 0 Å². The molecule has 2 rings (SSSR count). The van der Waals surface area contributed by atoms with Crippen molar-refractivity contribution < 1.29 is 26.5 Å². The lowest BCUT2D eigenvalue weighted by Gasteiger charge is -2.22. The predicted molar refractivity (Wildman–Crippen MR) is 89.6 cm³/mol. The minimum absolute atomic E-state index is 0.0421. The SMILES string of the molecule is Cc1cc([N+](=O)[O-])ccc1S(=O)(=O)N[C@@H](c1c(C)nn(C)c1C)C(F)(F)F. The quantitative estimate of drug-likeness (QED) is 0.607. The zero-order valence-electron chi connectivity index (χ0n) is 14.8. The van der Waals surface area contributed by atoms with Gasteiger partial charge in [-0.25, -0.2) is 8.42 Å². The summed E-state index contributed by atoms with van der Waals surface area (Å²) in [5.41, 5.74) is -0.485. The Hall–Kier alpha value is -2.47. The number of halogens is 3. The number of rotatable bonds is 5. The number of alkyl halides is 3. The first-order chi connectivity index (χ1) is 12.3. The standard InChI is InChI=1S/C15H17F3N4O4S/c1-8-7-11(22(23)24)5-6-12(8)27(25,26)20-14(15(16,17)18)13-9(2)19-21(4)10(13)3/h5-7,14,20H,1-4H3/t14-/m0/s1. The topological polar surface area (TPSA) is 107 Å². The van der Waals surface area contributed by atoms with Crippen LogP contribution in [0.4, 0.5) is 18.9 Å². The Morgan fingerprint density at radius 1 is 1.26 bits per heavy atom. The summed E-state index contributed by atoms with van der Waals surface area (Å²) in [6, 6.07) is 0.306. The third-order valence-corrected chi connectivity index (χ3v) is 5.70. The number of sulfonamides is 1. The average molecular weight is 406 g/mol. The minimum Gasteiger partial charge on any atom is -0.272 e. The Balaban J connectivity index is 2.53. The summed E-state index contributed by atoms with van der Waals surface area (Å²) in [7, 11) is -3.17. The molecule has 0 aliphatic carbocycles. The van der Waals surface area contributed by atoms with Gasteiger partial charge in [0.1, 0.15) is 6.04 Å². The van der Waals surface area contributed by atoms with Crippen LogP contribution in [0, 0.1) is 30.9 Å². The van der Waals surface area contributed by atoms with Crippen LogP contribution in [0.5, 0.6) is 0 Å². The first kappa shape index (κ1) is 20.8. The Morgan fingerprint density at radius 3 is 2.26 bits per heavy atom. The summed E-state index contributed by atoms with van der Waals surface area (Å²) in [5.74, 6) is 0. The van der Waals surface area contributed by atoms with Gasteiger partial charge in [-0.3, -0.25) is 14.8 Å². The number of nitro benzene ring substituents is 1. The molecule has 0 saturated heterocycles. The highest BCUT2D eigenvalue weighted by Gasteiger charge is 2.46. The Labute approximate surface area is 153 Å². The van der Waals surface area contributed by atoms with Crippen LogP contribution in [-0.2, 0) is 17.1 Å². The van der Waals surface area contributed by atoms with Gasteiger partial charge in [0.2, 0.25) is 10.0 Å². The summed E-state index contributed by atoms with van der Waals surface area (Å²) in [6.07, 6.45) is -4.92. The molecule has 148 valence electrons. The van der Waals surface area contributed by atoms with Gasteiger partial charge in [-0.1, -0.05) is 0 Å². The number of benzene rings is 1. The molecule has 1 N–H and O–H groups in total. The van der Waals surface area contributed by atoms with Crippen molar-refractivity contribution in [1.82, 2.24) is 14.5 Å². The molecule has 0 aliphatic heterocycles. The molecule has 1 aromatic heterocycles. The van der Waals surface area contributed by atoms with E-state index in [1.54, 1.807) is 4.72 Å². The maximum atomic E-state index is 13.6. The predicted octanol–water partition coefficient (Wildman–Crippen LogP) is 2.84. The van der Waals surface area contributed by atoms with E-state index >= 15 is 0 Å². The summed E-state index contributed by atoms with van der Waals surface area (Å²) in [4.78, 5) is 9.57. The summed E-state index contributed by atoms with van der Waals surface area (Å²) in [5, 5.41) is 14.7. The molecule has 0 spiro atoms. The molecule has 0 radical (unpaired) electrons.